The second-order valence-electron chi connectivity index (χ2n) is 2.39. The van der Waals surface area contributed by atoms with Crippen LogP contribution in [-0.4, -0.2) is 7.11 Å². The molecule has 0 unspecified atom stereocenters. The Bertz CT molecular complexity index is 359. The average molecular weight is 261 g/mol. The van der Waals surface area contributed by atoms with Gasteiger partial charge in [-0.15, -0.1) is 0 Å². The minimum absolute atomic E-state index is 0.501. The van der Waals surface area contributed by atoms with Gasteiger partial charge in [0.15, 0.2) is 0 Å². The van der Waals surface area contributed by atoms with Gasteiger partial charge in [-0.2, -0.15) is 5.26 Å². The van der Waals surface area contributed by atoms with Gasteiger partial charge in [0.2, 0.25) is 0 Å². The first-order valence-electron chi connectivity index (χ1n) is 3.55. The molecule has 0 fully saturated rings. The molecule has 0 radical (unpaired) electrons. The summed E-state index contributed by atoms with van der Waals surface area (Å²) in [5.41, 5.74) is 1.39. The van der Waals surface area contributed by atoms with Gasteiger partial charge in [0.05, 0.1) is 12.7 Å². The average Bonchev–Trinajstić information content (AvgIpc) is 2.17. The minimum atomic E-state index is 0.501. The topological polar surface area (TPSA) is 33.0 Å². The molecule has 0 heterocycles. The smallest absolute Gasteiger partial charge is 0.138 e. The fourth-order valence-electron chi connectivity index (χ4n) is 0.959. The van der Waals surface area contributed by atoms with E-state index in [0.717, 1.165) is 5.56 Å². The summed E-state index contributed by atoms with van der Waals surface area (Å²) in [5.74, 6) is 0.511. The molecule has 0 bridgehead atoms. The highest BCUT2D eigenvalue weighted by molar-refractivity contribution is 9.08. The highest BCUT2D eigenvalue weighted by Gasteiger charge is 2.07. The maximum absolute atomic E-state index is 8.77. The quantitative estimate of drug-likeness (QED) is 0.766. The van der Waals surface area contributed by atoms with E-state index < -0.39 is 0 Å². The lowest BCUT2D eigenvalue weighted by Gasteiger charge is -2.05. The van der Waals surface area contributed by atoms with Crippen molar-refractivity contribution in [2.75, 3.05) is 7.11 Å². The lowest BCUT2D eigenvalue weighted by molar-refractivity contribution is 0.413. The molecule has 1 aromatic carbocycles. The molecule has 0 aliphatic carbocycles. The van der Waals surface area contributed by atoms with Crippen molar-refractivity contribution in [3.05, 3.63) is 28.3 Å². The fraction of sp³-hybridized carbons (Fsp3) is 0.222. The fourth-order valence-corrected chi connectivity index (χ4v) is 1.80. The maximum atomic E-state index is 8.77. The van der Waals surface area contributed by atoms with E-state index >= 15 is 0 Å². The first-order chi connectivity index (χ1) is 6.22. The molecule has 0 aliphatic heterocycles. The second kappa shape index (κ2) is 4.50. The van der Waals surface area contributed by atoms with E-state index in [0.29, 0.717) is 21.7 Å². The minimum Gasteiger partial charge on any atom is -0.495 e. The molecule has 1 rings (SSSR count). The van der Waals surface area contributed by atoms with Crippen LogP contribution in [0.4, 0.5) is 0 Å². The van der Waals surface area contributed by atoms with Crippen molar-refractivity contribution >= 4 is 27.5 Å². The zero-order valence-electron chi connectivity index (χ0n) is 6.97. The zero-order valence-corrected chi connectivity index (χ0v) is 9.32. The van der Waals surface area contributed by atoms with E-state index in [1.54, 1.807) is 12.1 Å². The number of hydrogen-bond donors (Lipinski definition) is 0. The van der Waals surface area contributed by atoms with E-state index in [4.69, 9.17) is 21.6 Å². The summed E-state index contributed by atoms with van der Waals surface area (Å²) in [6.45, 7) is 0. The standard InChI is InChI=1S/C9H7BrClNO/c1-13-9-3-8(11)6(4-10)2-7(9)5-12/h2-3H,4H2,1H3. The van der Waals surface area contributed by atoms with Crippen LogP contribution in [0, 0.1) is 11.3 Å². The lowest BCUT2D eigenvalue weighted by Crippen LogP contribution is -1.90. The third kappa shape index (κ3) is 2.15. The van der Waals surface area contributed by atoms with Crippen LogP contribution in [0.5, 0.6) is 5.75 Å². The second-order valence-corrected chi connectivity index (χ2v) is 3.36. The molecular formula is C9H7BrClNO. The molecule has 0 N–H and O–H groups in total. The molecular weight excluding hydrogens is 253 g/mol. The molecule has 13 heavy (non-hydrogen) atoms. The summed E-state index contributed by atoms with van der Waals surface area (Å²) < 4.78 is 4.99. The predicted octanol–water partition coefficient (Wildman–Crippen LogP) is 3.12. The van der Waals surface area contributed by atoms with E-state index in [-0.39, 0.29) is 0 Å². The number of methoxy groups -OCH3 is 1. The number of rotatable bonds is 2. The van der Waals surface area contributed by atoms with E-state index in [1.807, 2.05) is 6.07 Å². The Morgan fingerprint density at radius 1 is 1.62 bits per heavy atom. The molecule has 0 aromatic heterocycles. The summed E-state index contributed by atoms with van der Waals surface area (Å²) in [6.07, 6.45) is 0. The van der Waals surface area contributed by atoms with Crippen LogP contribution in [0.1, 0.15) is 11.1 Å². The Morgan fingerprint density at radius 3 is 2.77 bits per heavy atom. The summed E-state index contributed by atoms with van der Waals surface area (Å²) in [6, 6.07) is 5.41. The molecule has 0 spiro atoms. The molecule has 2 nitrogen and oxygen atoms in total. The van der Waals surface area contributed by atoms with Crippen LogP contribution in [0.2, 0.25) is 5.02 Å². The normalized spacial score (nSPS) is 9.38. The molecule has 0 saturated carbocycles. The van der Waals surface area contributed by atoms with Gasteiger partial charge in [-0.25, -0.2) is 0 Å². The molecule has 68 valence electrons. The van der Waals surface area contributed by atoms with Crippen molar-refractivity contribution < 1.29 is 4.74 Å². The Morgan fingerprint density at radius 2 is 2.31 bits per heavy atom. The number of hydrogen-bond acceptors (Lipinski definition) is 2. The SMILES string of the molecule is COc1cc(Cl)c(CBr)cc1C#N. The monoisotopic (exact) mass is 259 g/mol. The van der Waals surface area contributed by atoms with E-state index in [9.17, 15) is 0 Å². The van der Waals surface area contributed by atoms with Gasteiger partial charge >= 0.3 is 0 Å². The molecule has 0 atom stereocenters. The number of halogens is 2. The maximum Gasteiger partial charge on any atom is 0.138 e. The highest BCUT2D eigenvalue weighted by Crippen LogP contribution is 2.27. The number of nitriles is 1. The van der Waals surface area contributed by atoms with Crippen molar-refractivity contribution in [1.29, 1.82) is 5.26 Å². The van der Waals surface area contributed by atoms with Crippen molar-refractivity contribution in [3.63, 3.8) is 0 Å². The first kappa shape index (κ1) is 10.4. The third-order valence-corrected chi connectivity index (χ3v) is 2.59. The number of ether oxygens (including phenoxy) is 1. The molecule has 0 saturated heterocycles. The summed E-state index contributed by atoms with van der Waals surface area (Å²) >= 11 is 9.20. The summed E-state index contributed by atoms with van der Waals surface area (Å²) in [5, 5.41) is 10.0. The first-order valence-corrected chi connectivity index (χ1v) is 5.05. The van der Waals surface area contributed by atoms with Gasteiger partial charge < -0.3 is 4.74 Å². The van der Waals surface area contributed by atoms with Crippen LogP contribution in [-0.2, 0) is 5.33 Å². The number of alkyl halides is 1. The lowest BCUT2D eigenvalue weighted by atomic mass is 10.1. The molecule has 0 amide bonds. The van der Waals surface area contributed by atoms with Gasteiger partial charge in [0.1, 0.15) is 11.8 Å². The van der Waals surface area contributed by atoms with Gasteiger partial charge in [-0.3, -0.25) is 0 Å². The van der Waals surface area contributed by atoms with Crippen molar-refractivity contribution in [2.24, 2.45) is 0 Å². The van der Waals surface area contributed by atoms with Crippen molar-refractivity contribution in [2.45, 2.75) is 5.33 Å². The Balaban J connectivity index is 3.28. The van der Waals surface area contributed by atoms with E-state index in [2.05, 4.69) is 15.9 Å². The number of nitrogens with zero attached hydrogens (tertiary/aromatic N) is 1. The van der Waals surface area contributed by atoms with Gasteiger partial charge in [0.25, 0.3) is 0 Å². The van der Waals surface area contributed by atoms with Gasteiger partial charge in [-0.05, 0) is 11.6 Å². The Hall–Kier alpha value is -0.720. The summed E-state index contributed by atoms with van der Waals surface area (Å²) in [4.78, 5) is 0. The van der Waals surface area contributed by atoms with E-state index in [1.165, 1.54) is 7.11 Å². The predicted molar refractivity (Wildman–Crippen MR) is 55.4 cm³/mol. The number of benzene rings is 1. The zero-order chi connectivity index (χ0) is 9.84. The van der Waals surface area contributed by atoms with Crippen molar-refractivity contribution in [3.8, 4) is 11.8 Å². The molecule has 1 aromatic rings. The van der Waals surface area contributed by atoms with Gasteiger partial charge in [0, 0.05) is 16.4 Å². The van der Waals surface area contributed by atoms with Crippen LogP contribution < -0.4 is 4.74 Å². The van der Waals surface area contributed by atoms with Crippen LogP contribution in [0.25, 0.3) is 0 Å². The van der Waals surface area contributed by atoms with Crippen LogP contribution in [0.3, 0.4) is 0 Å². The Kier molecular flexibility index (Phi) is 3.58. The largest absolute Gasteiger partial charge is 0.495 e. The third-order valence-electron chi connectivity index (χ3n) is 1.63. The van der Waals surface area contributed by atoms with Crippen LogP contribution in [0.15, 0.2) is 12.1 Å². The Labute approximate surface area is 90.2 Å². The van der Waals surface area contributed by atoms with Gasteiger partial charge in [-0.1, -0.05) is 27.5 Å². The molecule has 4 heteroatoms. The summed E-state index contributed by atoms with van der Waals surface area (Å²) in [7, 11) is 1.51. The highest BCUT2D eigenvalue weighted by atomic mass is 79.9. The molecule has 0 aliphatic rings. The van der Waals surface area contributed by atoms with Crippen molar-refractivity contribution in [1.82, 2.24) is 0 Å². The van der Waals surface area contributed by atoms with Crippen LogP contribution >= 0.6 is 27.5 Å².